The average Bonchev–Trinajstić information content (AvgIpc) is 2.27. The molecule has 1 nitrogen and oxygen atoms in total. The minimum Gasteiger partial charge on any atom is -0.457 e. The van der Waals surface area contributed by atoms with Gasteiger partial charge < -0.3 is 4.74 Å². The van der Waals surface area contributed by atoms with Gasteiger partial charge in [-0.15, -0.1) is 0 Å². The highest BCUT2D eigenvalue weighted by Crippen LogP contribution is 2.35. The number of fused-ring (bicyclic) bond motifs is 2. The van der Waals surface area contributed by atoms with E-state index in [0.29, 0.717) is 5.76 Å². The third-order valence-electron chi connectivity index (χ3n) is 2.89. The molecule has 0 amide bonds. The van der Waals surface area contributed by atoms with Gasteiger partial charge in [-0.1, -0.05) is 30.8 Å². The lowest BCUT2D eigenvalue weighted by Crippen LogP contribution is -2.00. The van der Waals surface area contributed by atoms with Crippen LogP contribution in [0.1, 0.15) is 12.5 Å². The summed E-state index contributed by atoms with van der Waals surface area (Å²) < 4.78 is 5.64. The van der Waals surface area contributed by atoms with Crippen molar-refractivity contribution < 1.29 is 4.74 Å². The number of allylic oxidation sites excluding steroid dienone is 2. The van der Waals surface area contributed by atoms with Crippen LogP contribution in [0.5, 0.6) is 5.75 Å². The number of hydrogen-bond acceptors (Lipinski definition) is 1. The first-order valence-corrected chi connectivity index (χ1v) is 5.32. The lowest BCUT2D eigenvalue weighted by atomic mass is 9.99. The van der Waals surface area contributed by atoms with E-state index < -0.39 is 0 Å². The van der Waals surface area contributed by atoms with Crippen molar-refractivity contribution in [2.75, 3.05) is 0 Å². The summed E-state index contributed by atoms with van der Waals surface area (Å²) in [6.07, 6.45) is 1.97. The standard InChI is InChI=1S/C15H12O/c1-10-7-11(2)16-15-9-13-6-4-3-5-12(13)8-14(10)15/h3-9H,2H2,1H3. The third-order valence-corrected chi connectivity index (χ3v) is 2.89. The van der Waals surface area contributed by atoms with Gasteiger partial charge in [-0.05, 0) is 41.5 Å². The van der Waals surface area contributed by atoms with Crippen LogP contribution in [0.3, 0.4) is 0 Å². The van der Waals surface area contributed by atoms with E-state index in [1.54, 1.807) is 0 Å². The smallest absolute Gasteiger partial charge is 0.135 e. The van der Waals surface area contributed by atoms with Crippen LogP contribution in [0.4, 0.5) is 0 Å². The molecule has 0 radical (unpaired) electrons. The van der Waals surface area contributed by atoms with Crippen LogP contribution in [-0.2, 0) is 0 Å². The van der Waals surface area contributed by atoms with Gasteiger partial charge in [0.2, 0.25) is 0 Å². The summed E-state index contributed by atoms with van der Waals surface area (Å²) in [5, 5.41) is 2.44. The molecule has 0 fully saturated rings. The van der Waals surface area contributed by atoms with E-state index in [2.05, 4.69) is 43.8 Å². The molecule has 0 unspecified atom stereocenters. The van der Waals surface area contributed by atoms with Gasteiger partial charge in [0, 0.05) is 5.56 Å². The van der Waals surface area contributed by atoms with Crippen LogP contribution in [0, 0.1) is 0 Å². The number of hydrogen-bond donors (Lipinski definition) is 0. The van der Waals surface area contributed by atoms with Crippen molar-refractivity contribution in [2.45, 2.75) is 6.92 Å². The maximum Gasteiger partial charge on any atom is 0.135 e. The first-order chi connectivity index (χ1) is 7.74. The number of ether oxygens (including phenoxy) is 1. The molecule has 0 saturated carbocycles. The Labute approximate surface area is 94.7 Å². The molecule has 0 bridgehead atoms. The van der Waals surface area contributed by atoms with E-state index >= 15 is 0 Å². The molecule has 3 rings (SSSR count). The molecular weight excluding hydrogens is 196 g/mol. The van der Waals surface area contributed by atoms with Crippen LogP contribution in [0.2, 0.25) is 0 Å². The van der Waals surface area contributed by atoms with E-state index in [1.807, 2.05) is 12.1 Å². The van der Waals surface area contributed by atoms with Gasteiger partial charge in [-0.25, -0.2) is 0 Å². The summed E-state index contributed by atoms with van der Waals surface area (Å²) in [7, 11) is 0. The molecule has 78 valence electrons. The van der Waals surface area contributed by atoms with Gasteiger partial charge in [0.15, 0.2) is 0 Å². The molecule has 2 aromatic carbocycles. The van der Waals surface area contributed by atoms with Crippen molar-refractivity contribution in [3.63, 3.8) is 0 Å². The van der Waals surface area contributed by atoms with E-state index in [1.165, 1.54) is 16.3 Å². The summed E-state index contributed by atoms with van der Waals surface area (Å²) in [5.74, 6) is 1.61. The van der Waals surface area contributed by atoms with Gasteiger partial charge in [-0.3, -0.25) is 0 Å². The van der Waals surface area contributed by atoms with Crippen LogP contribution >= 0.6 is 0 Å². The fourth-order valence-corrected chi connectivity index (χ4v) is 2.10. The Morgan fingerprint density at radius 1 is 1.06 bits per heavy atom. The Balaban J connectivity index is 2.33. The zero-order valence-electron chi connectivity index (χ0n) is 9.16. The summed E-state index contributed by atoms with van der Waals surface area (Å²) in [6, 6.07) is 12.5. The van der Waals surface area contributed by atoms with Gasteiger partial charge in [0.05, 0.1) is 0 Å². The Hall–Kier alpha value is -2.02. The van der Waals surface area contributed by atoms with Crippen molar-refractivity contribution in [1.82, 2.24) is 0 Å². The molecule has 1 heterocycles. The van der Waals surface area contributed by atoms with E-state index in [0.717, 1.165) is 11.3 Å². The van der Waals surface area contributed by atoms with Crippen molar-refractivity contribution in [3.05, 3.63) is 60.4 Å². The van der Waals surface area contributed by atoms with Gasteiger partial charge in [-0.2, -0.15) is 0 Å². The lowest BCUT2D eigenvalue weighted by Gasteiger charge is -2.18. The second-order valence-corrected chi connectivity index (χ2v) is 4.09. The summed E-state index contributed by atoms with van der Waals surface area (Å²) in [6.45, 7) is 5.93. The molecule has 1 heteroatoms. The highest BCUT2D eigenvalue weighted by atomic mass is 16.5. The topological polar surface area (TPSA) is 9.23 Å². The molecule has 0 saturated heterocycles. The second-order valence-electron chi connectivity index (χ2n) is 4.09. The molecule has 1 aliphatic rings. The van der Waals surface area contributed by atoms with Crippen LogP contribution in [0.25, 0.3) is 16.3 Å². The van der Waals surface area contributed by atoms with Crippen molar-refractivity contribution in [1.29, 1.82) is 0 Å². The fraction of sp³-hybridized carbons (Fsp3) is 0.0667. The Morgan fingerprint density at radius 3 is 2.50 bits per heavy atom. The molecule has 1 aliphatic heterocycles. The molecule has 2 aromatic rings. The minimum atomic E-state index is 0.709. The second kappa shape index (κ2) is 3.24. The molecule has 0 N–H and O–H groups in total. The molecular formula is C15H12O. The first kappa shape index (κ1) is 9.22. The summed E-state index contributed by atoms with van der Waals surface area (Å²) in [4.78, 5) is 0. The van der Waals surface area contributed by atoms with Gasteiger partial charge in [0.25, 0.3) is 0 Å². The lowest BCUT2D eigenvalue weighted by molar-refractivity contribution is 0.442. The number of benzene rings is 2. The largest absolute Gasteiger partial charge is 0.457 e. The van der Waals surface area contributed by atoms with E-state index in [4.69, 9.17) is 4.74 Å². The fourth-order valence-electron chi connectivity index (χ4n) is 2.10. The summed E-state index contributed by atoms with van der Waals surface area (Å²) >= 11 is 0. The maximum atomic E-state index is 5.64. The highest BCUT2D eigenvalue weighted by Gasteiger charge is 2.13. The van der Waals surface area contributed by atoms with Gasteiger partial charge >= 0.3 is 0 Å². The molecule has 16 heavy (non-hydrogen) atoms. The van der Waals surface area contributed by atoms with Crippen molar-refractivity contribution in [3.8, 4) is 5.75 Å². The van der Waals surface area contributed by atoms with Crippen LogP contribution in [0.15, 0.2) is 54.8 Å². The van der Waals surface area contributed by atoms with Crippen molar-refractivity contribution in [2.24, 2.45) is 0 Å². The zero-order valence-corrected chi connectivity index (χ0v) is 9.16. The Morgan fingerprint density at radius 2 is 1.75 bits per heavy atom. The van der Waals surface area contributed by atoms with E-state index in [9.17, 15) is 0 Å². The monoisotopic (exact) mass is 208 g/mol. The summed E-state index contributed by atoms with van der Waals surface area (Å²) in [5.41, 5.74) is 2.36. The predicted octanol–water partition coefficient (Wildman–Crippen LogP) is 4.15. The van der Waals surface area contributed by atoms with Crippen LogP contribution in [-0.4, -0.2) is 0 Å². The molecule has 0 aliphatic carbocycles. The molecule has 0 atom stereocenters. The normalized spacial score (nSPS) is 14.3. The molecule has 0 aromatic heterocycles. The van der Waals surface area contributed by atoms with Crippen molar-refractivity contribution >= 4 is 16.3 Å². The maximum absolute atomic E-state index is 5.64. The predicted molar refractivity (Wildman–Crippen MR) is 67.4 cm³/mol. The van der Waals surface area contributed by atoms with Crippen LogP contribution < -0.4 is 4.74 Å². The third kappa shape index (κ3) is 1.33. The quantitative estimate of drug-likeness (QED) is 0.632. The Bertz CT molecular complexity index is 620. The van der Waals surface area contributed by atoms with Gasteiger partial charge in [0.1, 0.15) is 11.5 Å². The SMILES string of the molecule is C=C1C=C(C)c2cc3ccccc3cc2O1. The van der Waals surface area contributed by atoms with E-state index in [-0.39, 0.29) is 0 Å². The Kier molecular flexibility index (Phi) is 1.87. The highest BCUT2D eigenvalue weighted by molar-refractivity contribution is 5.90. The zero-order chi connectivity index (χ0) is 11.1. The first-order valence-electron chi connectivity index (χ1n) is 5.32. The number of rotatable bonds is 0. The minimum absolute atomic E-state index is 0.709. The molecule has 0 spiro atoms. The average molecular weight is 208 g/mol.